The van der Waals surface area contributed by atoms with Crippen LogP contribution in [0.25, 0.3) is 11.0 Å². The normalized spacial score (nSPS) is 13.7. The molecule has 0 saturated carbocycles. The van der Waals surface area contributed by atoms with Gasteiger partial charge in [0.2, 0.25) is 0 Å². The van der Waals surface area contributed by atoms with Crippen LogP contribution >= 0.6 is 0 Å². The van der Waals surface area contributed by atoms with E-state index in [1.807, 2.05) is 23.9 Å². The summed E-state index contributed by atoms with van der Waals surface area (Å²) in [6.45, 7) is 4.20. The zero-order valence-electron chi connectivity index (χ0n) is 9.31. The van der Waals surface area contributed by atoms with Crippen LogP contribution in [0.15, 0.2) is 18.5 Å². The van der Waals surface area contributed by atoms with E-state index in [1.165, 1.54) is 0 Å². The fraction of sp³-hybridized carbons (Fsp3) is 0.455. The van der Waals surface area contributed by atoms with Crippen molar-refractivity contribution >= 4 is 11.0 Å². The summed E-state index contributed by atoms with van der Waals surface area (Å²) in [6.07, 6.45) is 3.57. The third-order valence-corrected chi connectivity index (χ3v) is 2.73. The van der Waals surface area contributed by atoms with Gasteiger partial charge in [-0.15, -0.1) is 0 Å². The van der Waals surface area contributed by atoms with Crippen LogP contribution in [-0.4, -0.2) is 14.5 Å². The van der Waals surface area contributed by atoms with Gasteiger partial charge in [-0.2, -0.15) is 0 Å². The molecular formula is C11H16N4. The van der Waals surface area contributed by atoms with Crippen molar-refractivity contribution in [1.29, 1.82) is 0 Å². The highest BCUT2D eigenvalue weighted by Gasteiger charge is 2.17. The number of fused-ring (bicyclic) bond motifs is 1. The molecule has 4 heteroatoms. The Balaban J connectivity index is 2.58. The molecule has 2 aromatic heterocycles. The van der Waals surface area contributed by atoms with Crippen LogP contribution in [0, 0.1) is 5.92 Å². The minimum atomic E-state index is -0.0256. The molecule has 0 amide bonds. The van der Waals surface area contributed by atoms with Crippen molar-refractivity contribution < 1.29 is 0 Å². The Morgan fingerprint density at radius 2 is 2.13 bits per heavy atom. The van der Waals surface area contributed by atoms with Gasteiger partial charge in [0.25, 0.3) is 0 Å². The summed E-state index contributed by atoms with van der Waals surface area (Å²) in [5.41, 5.74) is 8.09. The molecule has 0 radical (unpaired) electrons. The van der Waals surface area contributed by atoms with Gasteiger partial charge in [-0.05, 0) is 12.0 Å². The zero-order valence-corrected chi connectivity index (χ0v) is 9.31. The van der Waals surface area contributed by atoms with Crippen molar-refractivity contribution in [1.82, 2.24) is 14.5 Å². The molecule has 0 saturated heterocycles. The Kier molecular flexibility index (Phi) is 2.44. The van der Waals surface area contributed by atoms with Gasteiger partial charge in [0.1, 0.15) is 5.82 Å². The highest BCUT2D eigenvalue weighted by molar-refractivity contribution is 5.74. The second-order valence-corrected chi connectivity index (χ2v) is 4.16. The first-order valence-corrected chi connectivity index (χ1v) is 5.13. The van der Waals surface area contributed by atoms with Gasteiger partial charge in [0.15, 0.2) is 0 Å². The van der Waals surface area contributed by atoms with Crippen LogP contribution in [0.5, 0.6) is 0 Å². The van der Waals surface area contributed by atoms with Gasteiger partial charge in [-0.3, -0.25) is 4.98 Å². The first-order valence-electron chi connectivity index (χ1n) is 5.13. The van der Waals surface area contributed by atoms with Crippen LogP contribution in [-0.2, 0) is 7.05 Å². The smallest absolute Gasteiger partial charge is 0.126 e. The molecule has 0 aromatic carbocycles. The minimum absolute atomic E-state index is 0.0256. The zero-order chi connectivity index (χ0) is 11.0. The van der Waals surface area contributed by atoms with E-state index < -0.39 is 0 Å². The first-order chi connectivity index (χ1) is 7.11. The van der Waals surface area contributed by atoms with Crippen LogP contribution in [0.3, 0.4) is 0 Å². The van der Waals surface area contributed by atoms with Crippen molar-refractivity contribution in [3.63, 3.8) is 0 Å². The molecule has 0 spiro atoms. The number of pyridine rings is 1. The molecule has 0 aliphatic heterocycles. The molecule has 1 atom stereocenters. The predicted molar refractivity (Wildman–Crippen MR) is 60.3 cm³/mol. The van der Waals surface area contributed by atoms with E-state index in [2.05, 4.69) is 23.8 Å². The monoisotopic (exact) mass is 204 g/mol. The fourth-order valence-electron chi connectivity index (χ4n) is 1.65. The van der Waals surface area contributed by atoms with Gasteiger partial charge in [-0.25, -0.2) is 4.98 Å². The largest absolute Gasteiger partial charge is 0.329 e. The highest BCUT2D eigenvalue weighted by Crippen LogP contribution is 2.21. The van der Waals surface area contributed by atoms with Crippen molar-refractivity contribution in [3.8, 4) is 0 Å². The Morgan fingerprint density at radius 3 is 2.73 bits per heavy atom. The van der Waals surface area contributed by atoms with Gasteiger partial charge in [-0.1, -0.05) is 13.8 Å². The van der Waals surface area contributed by atoms with E-state index in [1.54, 1.807) is 6.20 Å². The Bertz CT molecular complexity index is 472. The van der Waals surface area contributed by atoms with Crippen LogP contribution in [0.1, 0.15) is 25.7 Å². The molecule has 15 heavy (non-hydrogen) atoms. The fourth-order valence-corrected chi connectivity index (χ4v) is 1.65. The molecule has 2 heterocycles. The maximum Gasteiger partial charge on any atom is 0.126 e. The highest BCUT2D eigenvalue weighted by atomic mass is 15.1. The molecule has 2 aromatic rings. The van der Waals surface area contributed by atoms with Crippen LogP contribution in [0.2, 0.25) is 0 Å². The molecule has 80 valence electrons. The Morgan fingerprint density at radius 1 is 1.40 bits per heavy atom. The summed E-state index contributed by atoms with van der Waals surface area (Å²) in [5, 5.41) is 0. The third kappa shape index (κ3) is 1.61. The van der Waals surface area contributed by atoms with Crippen molar-refractivity contribution in [2.45, 2.75) is 19.9 Å². The van der Waals surface area contributed by atoms with Crippen LogP contribution in [0.4, 0.5) is 0 Å². The predicted octanol–water partition coefficient (Wildman–Crippen LogP) is 1.62. The van der Waals surface area contributed by atoms with E-state index in [-0.39, 0.29) is 6.04 Å². The number of imidazole rings is 1. The molecule has 2 N–H and O–H groups in total. The third-order valence-electron chi connectivity index (χ3n) is 2.73. The van der Waals surface area contributed by atoms with E-state index in [0.717, 1.165) is 16.9 Å². The first kappa shape index (κ1) is 10.1. The second-order valence-electron chi connectivity index (χ2n) is 4.16. The van der Waals surface area contributed by atoms with Crippen LogP contribution < -0.4 is 5.73 Å². The summed E-state index contributed by atoms with van der Waals surface area (Å²) in [6, 6.07) is 1.88. The minimum Gasteiger partial charge on any atom is -0.329 e. The SMILES string of the molecule is CC(C)[C@H](N)c1nc2ccncc2n1C. The molecular weight excluding hydrogens is 188 g/mol. The maximum atomic E-state index is 6.10. The van der Waals surface area contributed by atoms with Gasteiger partial charge in [0, 0.05) is 13.2 Å². The van der Waals surface area contributed by atoms with Gasteiger partial charge < -0.3 is 10.3 Å². The lowest BCUT2D eigenvalue weighted by atomic mass is 10.1. The van der Waals surface area contributed by atoms with Crippen molar-refractivity contribution in [2.24, 2.45) is 18.7 Å². The molecule has 0 bridgehead atoms. The molecule has 2 rings (SSSR count). The quantitative estimate of drug-likeness (QED) is 0.808. The summed E-state index contributed by atoms with van der Waals surface area (Å²) in [4.78, 5) is 8.62. The summed E-state index contributed by atoms with van der Waals surface area (Å²) in [5.74, 6) is 1.31. The standard InChI is InChI=1S/C11H16N4/c1-7(2)10(12)11-14-8-4-5-13-6-9(8)15(11)3/h4-7,10H,12H2,1-3H3/t10-/m0/s1. The summed E-state index contributed by atoms with van der Waals surface area (Å²) in [7, 11) is 1.98. The maximum absolute atomic E-state index is 6.10. The average molecular weight is 204 g/mol. The van der Waals surface area contributed by atoms with E-state index >= 15 is 0 Å². The number of aromatic nitrogens is 3. The number of hydrogen-bond donors (Lipinski definition) is 1. The molecule has 0 unspecified atom stereocenters. The molecule has 0 aliphatic rings. The Hall–Kier alpha value is -1.42. The van der Waals surface area contributed by atoms with Crippen molar-refractivity contribution in [3.05, 3.63) is 24.3 Å². The average Bonchev–Trinajstić information content (AvgIpc) is 2.56. The lowest BCUT2D eigenvalue weighted by Crippen LogP contribution is -2.20. The van der Waals surface area contributed by atoms with E-state index in [9.17, 15) is 0 Å². The second kappa shape index (κ2) is 3.62. The van der Waals surface area contributed by atoms with Gasteiger partial charge in [0.05, 0.1) is 23.3 Å². The summed E-state index contributed by atoms with van der Waals surface area (Å²) >= 11 is 0. The van der Waals surface area contributed by atoms with E-state index in [4.69, 9.17) is 5.73 Å². The Labute approximate surface area is 89.1 Å². The number of nitrogens with zero attached hydrogens (tertiary/aromatic N) is 3. The number of hydrogen-bond acceptors (Lipinski definition) is 3. The van der Waals surface area contributed by atoms with Gasteiger partial charge >= 0.3 is 0 Å². The lowest BCUT2D eigenvalue weighted by Gasteiger charge is -2.14. The van der Waals surface area contributed by atoms with Crippen molar-refractivity contribution in [2.75, 3.05) is 0 Å². The summed E-state index contributed by atoms with van der Waals surface area (Å²) < 4.78 is 2.02. The number of aryl methyl sites for hydroxylation is 1. The number of nitrogens with two attached hydrogens (primary N) is 1. The number of rotatable bonds is 2. The molecule has 0 aliphatic carbocycles. The molecule has 0 fully saturated rings. The van der Waals surface area contributed by atoms with E-state index in [0.29, 0.717) is 5.92 Å². The topological polar surface area (TPSA) is 56.7 Å². The molecule has 4 nitrogen and oxygen atoms in total. The lowest BCUT2D eigenvalue weighted by molar-refractivity contribution is 0.480.